The summed E-state index contributed by atoms with van der Waals surface area (Å²) >= 11 is 5.03. The van der Waals surface area contributed by atoms with Crippen molar-refractivity contribution in [3.63, 3.8) is 0 Å². The Morgan fingerprint density at radius 2 is 2.32 bits per heavy atom. The number of thioether (sulfide) groups is 1. The maximum Gasteiger partial charge on any atom is 0.344 e. The third kappa shape index (κ3) is 2.57. The monoisotopic (exact) mass is 340 g/mol. The molecule has 100 valence electrons. The van der Waals surface area contributed by atoms with E-state index in [9.17, 15) is 4.79 Å². The van der Waals surface area contributed by atoms with Crippen LogP contribution in [-0.2, 0) is 5.75 Å². The Labute approximate surface area is 122 Å². The zero-order valence-electron chi connectivity index (χ0n) is 10.1. The predicted molar refractivity (Wildman–Crippen MR) is 79.2 cm³/mol. The van der Waals surface area contributed by atoms with Crippen molar-refractivity contribution in [3.05, 3.63) is 38.7 Å². The average Bonchev–Trinajstić information content (AvgIpc) is 3.16. The summed E-state index contributed by atoms with van der Waals surface area (Å²) in [5.41, 5.74) is 7.56. The predicted octanol–water partition coefficient (Wildman–Crippen LogP) is 2.54. The minimum atomic E-state index is -0.114. The second kappa shape index (κ2) is 5.05. The highest BCUT2D eigenvalue weighted by Crippen LogP contribution is 2.37. The van der Waals surface area contributed by atoms with Crippen molar-refractivity contribution < 1.29 is 0 Å². The lowest BCUT2D eigenvalue weighted by Gasteiger charge is -2.07. The van der Waals surface area contributed by atoms with Gasteiger partial charge in [-0.1, -0.05) is 23.9 Å². The first kappa shape index (κ1) is 12.8. The van der Waals surface area contributed by atoms with Gasteiger partial charge in [0.15, 0.2) is 5.16 Å². The van der Waals surface area contributed by atoms with Crippen LogP contribution in [0.2, 0.25) is 0 Å². The highest BCUT2D eigenvalue weighted by atomic mass is 79.9. The largest absolute Gasteiger partial charge is 0.398 e. The number of nitrogen functional groups attached to an aromatic ring is 1. The van der Waals surface area contributed by atoms with Crippen LogP contribution in [0.25, 0.3) is 0 Å². The Balaban J connectivity index is 1.79. The molecular formula is C12H13BrN4OS. The molecule has 7 heteroatoms. The van der Waals surface area contributed by atoms with Crippen molar-refractivity contribution in [2.24, 2.45) is 0 Å². The minimum absolute atomic E-state index is 0.114. The molecule has 0 bridgehead atoms. The van der Waals surface area contributed by atoms with E-state index in [-0.39, 0.29) is 5.69 Å². The molecule has 0 amide bonds. The van der Waals surface area contributed by atoms with Crippen LogP contribution in [-0.4, -0.2) is 14.8 Å². The van der Waals surface area contributed by atoms with E-state index >= 15 is 0 Å². The number of benzene rings is 1. The minimum Gasteiger partial charge on any atom is -0.398 e. The molecule has 19 heavy (non-hydrogen) atoms. The zero-order chi connectivity index (χ0) is 13.4. The summed E-state index contributed by atoms with van der Waals surface area (Å²) < 4.78 is 2.67. The number of aromatic amines is 1. The van der Waals surface area contributed by atoms with Gasteiger partial charge in [-0.2, -0.15) is 0 Å². The number of nitrogens with two attached hydrogens (primary N) is 1. The van der Waals surface area contributed by atoms with Crippen molar-refractivity contribution in [3.8, 4) is 0 Å². The van der Waals surface area contributed by atoms with Gasteiger partial charge in [0.1, 0.15) is 0 Å². The molecule has 5 nitrogen and oxygen atoms in total. The smallest absolute Gasteiger partial charge is 0.344 e. The van der Waals surface area contributed by atoms with Crippen molar-refractivity contribution in [2.45, 2.75) is 29.8 Å². The van der Waals surface area contributed by atoms with Gasteiger partial charge in [0, 0.05) is 22.0 Å². The SMILES string of the molecule is Nc1cccc(CSc2n[nH]c(=O)n2C2CC2)c1Br. The molecule has 0 radical (unpaired) electrons. The van der Waals surface area contributed by atoms with Gasteiger partial charge < -0.3 is 5.73 Å². The van der Waals surface area contributed by atoms with Gasteiger partial charge in [-0.05, 0) is 40.4 Å². The number of H-pyrrole nitrogens is 1. The molecule has 3 rings (SSSR count). The zero-order valence-corrected chi connectivity index (χ0v) is 12.5. The van der Waals surface area contributed by atoms with E-state index in [0.717, 1.165) is 39.5 Å². The van der Waals surface area contributed by atoms with Crippen LogP contribution in [0, 0.1) is 0 Å². The molecule has 1 heterocycles. The number of anilines is 1. The number of hydrogen-bond donors (Lipinski definition) is 2. The lowest BCUT2D eigenvalue weighted by molar-refractivity contribution is 0.642. The van der Waals surface area contributed by atoms with Crippen LogP contribution in [0.5, 0.6) is 0 Å². The summed E-state index contributed by atoms with van der Waals surface area (Å²) in [4.78, 5) is 11.7. The summed E-state index contributed by atoms with van der Waals surface area (Å²) in [5, 5.41) is 7.36. The van der Waals surface area contributed by atoms with Crippen molar-refractivity contribution in [1.82, 2.24) is 14.8 Å². The van der Waals surface area contributed by atoms with E-state index in [1.54, 1.807) is 16.3 Å². The Morgan fingerprint density at radius 3 is 3.05 bits per heavy atom. The molecular weight excluding hydrogens is 328 g/mol. The molecule has 1 saturated carbocycles. The van der Waals surface area contributed by atoms with Gasteiger partial charge in [-0.15, -0.1) is 5.10 Å². The van der Waals surface area contributed by atoms with E-state index in [1.165, 1.54) is 0 Å². The van der Waals surface area contributed by atoms with Crippen molar-refractivity contribution in [1.29, 1.82) is 0 Å². The van der Waals surface area contributed by atoms with Gasteiger partial charge in [0.05, 0.1) is 0 Å². The van der Waals surface area contributed by atoms with Crippen molar-refractivity contribution in [2.75, 3.05) is 5.73 Å². The van der Waals surface area contributed by atoms with E-state index in [4.69, 9.17) is 5.73 Å². The lowest BCUT2D eigenvalue weighted by Crippen LogP contribution is -2.16. The number of halogens is 1. The van der Waals surface area contributed by atoms with Crippen LogP contribution in [0.3, 0.4) is 0 Å². The molecule has 3 N–H and O–H groups in total. The van der Waals surface area contributed by atoms with Crippen molar-refractivity contribution >= 4 is 33.4 Å². The van der Waals surface area contributed by atoms with E-state index in [0.29, 0.717) is 6.04 Å². The van der Waals surface area contributed by atoms with Gasteiger partial charge in [-0.3, -0.25) is 4.57 Å². The fourth-order valence-corrected chi connectivity index (χ4v) is 3.50. The number of rotatable bonds is 4. The Kier molecular flexibility index (Phi) is 3.40. The maximum absolute atomic E-state index is 11.7. The van der Waals surface area contributed by atoms with E-state index in [1.807, 2.05) is 18.2 Å². The second-order valence-corrected chi connectivity index (χ2v) is 6.26. The molecule has 0 unspecified atom stereocenters. The number of nitrogens with one attached hydrogen (secondary N) is 1. The fraction of sp³-hybridized carbons (Fsp3) is 0.333. The molecule has 1 aliphatic rings. The first-order valence-corrected chi connectivity index (χ1v) is 7.77. The summed E-state index contributed by atoms with van der Waals surface area (Å²) in [6.07, 6.45) is 2.13. The Bertz CT molecular complexity index is 662. The first-order valence-electron chi connectivity index (χ1n) is 5.99. The van der Waals surface area contributed by atoms with E-state index < -0.39 is 0 Å². The normalized spacial score (nSPS) is 14.8. The van der Waals surface area contributed by atoms with Gasteiger partial charge in [0.25, 0.3) is 0 Å². The number of aromatic nitrogens is 3. The standard InChI is InChI=1S/C12H13BrN4OS/c13-10-7(2-1-3-9(10)14)6-19-12-16-15-11(18)17(12)8-4-5-8/h1-3,8H,4-6,14H2,(H,15,18). The third-order valence-electron chi connectivity index (χ3n) is 3.05. The summed E-state index contributed by atoms with van der Waals surface area (Å²) in [7, 11) is 0. The van der Waals surface area contributed by atoms with Gasteiger partial charge in [0.2, 0.25) is 0 Å². The number of nitrogens with zero attached hydrogens (tertiary/aromatic N) is 2. The maximum atomic E-state index is 11.7. The molecule has 0 aliphatic heterocycles. The van der Waals surface area contributed by atoms with E-state index in [2.05, 4.69) is 26.1 Å². The Hall–Kier alpha value is -1.21. The first-order chi connectivity index (χ1) is 9.16. The van der Waals surface area contributed by atoms with Crippen LogP contribution < -0.4 is 11.4 Å². The molecule has 1 aromatic heterocycles. The van der Waals surface area contributed by atoms with Crippen LogP contribution >= 0.6 is 27.7 Å². The van der Waals surface area contributed by atoms with Crippen LogP contribution in [0.15, 0.2) is 32.6 Å². The summed E-state index contributed by atoms with van der Waals surface area (Å²) in [6, 6.07) is 6.12. The summed E-state index contributed by atoms with van der Waals surface area (Å²) in [5.74, 6) is 0.725. The number of hydrogen-bond acceptors (Lipinski definition) is 4. The third-order valence-corrected chi connectivity index (χ3v) is 5.02. The molecule has 1 aliphatic carbocycles. The molecule has 0 saturated heterocycles. The lowest BCUT2D eigenvalue weighted by atomic mass is 10.2. The Morgan fingerprint density at radius 1 is 1.53 bits per heavy atom. The van der Waals surface area contributed by atoms with Gasteiger partial charge in [-0.25, -0.2) is 9.89 Å². The van der Waals surface area contributed by atoms with Gasteiger partial charge >= 0.3 is 5.69 Å². The average molecular weight is 341 g/mol. The second-order valence-electron chi connectivity index (χ2n) is 4.52. The molecule has 2 aromatic rings. The molecule has 0 atom stereocenters. The molecule has 0 spiro atoms. The quantitative estimate of drug-likeness (QED) is 0.662. The fourth-order valence-electron chi connectivity index (χ4n) is 1.90. The highest BCUT2D eigenvalue weighted by Gasteiger charge is 2.28. The van der Waals surface area contributed by atoms with Crippen LogP contribution in [0.1, 0.15) is 24.4 Å². The molecule has 1 aromatic carbocycles. The highest BCUT2D eigenvalue weighted by molar-refractivity contribution is 9.10. The van der Waals surface area contributed by atoms with Crippen LogP contribution in [0.4, 0.5) is 5.69 Å². The topological polar surface area (TPSA) is 76.7 Å². The molecule has 1 fully saturated rings. The summed E-state index contributed by atoms with van der Waals surface area (Å²) in [6.45, 7) is 0.